The molecule has 1 N–H and O–H groups in total. The van der Waals surface area contributed by atoms with Crippen molar-refractivity contribution in [1.82, 2.24) is 14.7 Å². The monoisotopic (exact) mass is 559 g/mol. The predicted molar refractivity (Wildman–Crippen MR) is 153 cm³/mol. The molecule has 2 aliphatic rings. The lowest BCUT2D eigenvalue weighted by Crippen LogP contribution is -2.48. The van der Waals surface area contributed by atoms with Gasteiger partial charge in [-0.15, -0.1) is 0 Å². The first-order valence-corrected chi connectivity index (χ1v) is 13.5. The van der Waals surface area contributed by atoms with Crippen molar-refractivity contribution in [1.29, 1.82) is 0 Å². The molecule has 0 bridgehead atoms. The highest BCUT2D eigenvalue weighted by molar-refractivity contribution is 7.80. The van der Waals surface area contributed by atoms with E-state index in [0.717, 1.165) is 38.5 Å². The number of nitrogens with zero attached hydrogens (tertiary/aromatic N) is 4. The summed E-state index contributed by atoms with van der Waals surface area (Å²) in [5.74, 6) is 0.711. The van der Waals surface area contributed by atoms with E-state index in [0.29, 0.717) is 40.4 Å². The van der Waals surface area contributed by atoms with Crippen LogP contribution in [0.3, 0.4) is 0 Å². The Morgan fingerprint density at radius 3 is 2.45 bits per heavy atom. The van der Waals surface area contributed by atoms with Gasteiger partial charge in [-0.3, -0.25) is 19.4 Å². The van der Waals surface area contributed by atoms with Crippen LogP contribution in [0.25, 0.3) is 0 Å². The van der Waals surface area contributed by atoms with Crippen molar-refractivity contribution in [3.05, 3.63) is 47.5 Å². The Hall–Kier alpha value is -2.92. The number of likely N-dealkylation sites (N-methyl/N-ethyl adjacent to an activating group) is 1. The summed E-state index contributed by atoms with van der Waals surface area (Å²) < 4.78 is 10.7. The molecule has 2 amide bonds. The Morgan fingerprint density at radius 1 is 1.11 bits per heavy atom. The third kappa shape index (κ3) is 6.55. The second-order valence-electron chi connectivity index (χ2n) is 9.34. The zero-order valence-electron chi connectivity index (χ0n) is 22.0. The molecule has 2 aromatic rings. The highest BCUT2D eigenvalue weighted by atomic mass is 35.5. The van der Waals surface area contributed by atoms with Crippen molar-refractivity contribution in [2.24, 2.45) is 0 Å². The van der Waals surface area contributed by atoms with E-state index >= 15 is 0 Å². The van der Waals surface area contributed by atoms with Gasteiger partial charge in [0.25, 0.3) is 5.91 Å². The Labute approximate surface area is 234 Å². The van der Waals surface area contributed by atoms with Crippen LogP contribution in [-0.4, -0.2) is 97.7 Å². The third-order valence-electron chi connectivity index (χ3n) is 6.79. The number of hydrogen-bond acceptors (Lipinski definition) is 7. The first-order valence-electron chi connectivity index (χ1n) is 12.7. The fourth-order valence-electron chi connectivity index (χ4n) is 4.63. The molecular weight excluding hydrogens is 526 g/mol. The van der Waals surface area contributed by atoms with Gasteiger partial charge in [0.2, 0.25) is 5.91 Å². The maximum atomic E-state index is 13.7. The van der Waals surface area contributed by atoms with E-state index in [9.17, 15) is 9.59 Å². The van der Waals surface area contributed by atoms with Crippen LogP contribution in [0.15, 0.2) is 42.5 Å². The van der Waals surface area contributed by atoms with Crippen LogP contribution in [-0.2, 0) is 9.59 Å². The van der Waals surface area contributed by atoms with E-state index in [-0.39, 0.29) is 18.2 Å². The van der Waals surface area contributed by atoms with Gasteiger partial charge in [-0.1, -0.05) is 11.6 Å². The van der Waals surface area contributed by atoms with Crippen molar-refractivity contribution in [2.45, 2.75) is 19.4 Å². The van der Waals surface area contributed by atoms with E-state index in [2.05, 4.69) is 22.2 Å². The van der Waals surface area contributed by atoms with Crippen molar-refractivity contribution in [3.8, 4) is 11.5 Å². The summed E-state index contributed by atoms with van der Waals surface area (Å²) in [6, 6.07) is 11.5. The number of amides is 2. The summed E-state index contributed by atoms with van der Waals surface area (Å²) >= 11 is 12.1. The molecule has 11 heteroatoms. The minimum atomic E-state index is -0.724. The molecule has 2 aliphatic heterocycles. The van der Waals surface area contributed by atoms with Crippen LogP contribution < -0.4 is 19.7 Å². The molecule has 0 radical (unpaired) electrons. The van der Waals surface area contributed by atoms with E-state index in [1.54, 1.807) is 42.5 Å². The normalized spacial score (nSPS) is 18.7. The smallest absolute Gasteiger partial charge is 0.256 e. The summed E-state index contributed by atoms with van der Waals surface area (Å²) in [5.41, 5.74) is 1.18. The molecule has 2 fully saturated rings. The molecule has 0 aromatic heterocycles. The minimum Gasteiger partial charge on any atom is -0.495 e. The van der Waals surface area contributed by atoms with Crippen LogP contribution in [0, 0.1) is 0 Å². The largest absolute Gasteiger partial charge is 0.495 e. The molecule has 1 atom stereocenters. The van der Waals surface area contributed by atoms with E-state index in [1.807, 2.05) is 11.8 Å². The van der Waals surface area contributed by atoms with Crippen molar-refractivity contribution >= 4 is 52.1 Å². The van der Waals surface area contributed by atoms with Crippen LogP contribution in [0.4, 0.5) is 11.4 Å². The van der Waals surface area contributed by atoms with E-state index in [4.69, 9.17) is 33.3 Å². The molecule has 2 heterocycles. The average molecular weight is 560 g/mol. The number of benzene rings is 2. The van der Waals surface area contributed by atoms with Crippen LogP contribution in [0.2, 0.25) is 5.02 Å². The number of carbonyl (C=O) groups excluding carboxylic acids is 2. The van der Waals surface area contributed by atoms with Crippen molar-refractivity contribution < 1.29 is 19.1 Å². The molecule has 2 saturated heterocycles. The third-order valence-corrected chi connectivity index (χ3v) is 7.51. The Kier molecular flexibility index (Phi) is 9.43. The highest BCUT2D eigenvalue weighted by Crippen LogP contribution is 2.33. The lowest BCUT2D eigenvalue weighted by atomic mass is 10.1. The molecule has 38 heavy (non-hydrogen) atoms. The summed E-state index contributed by atoms with van der Waals surface area (Å²) in [6.07, 6.45) is -0.0324. The molecule has 0 saturated carbocycles. The number of rotatable bonds is 10. The second-order valence-corrected chi connectivity index (χ2v) is 10.1. The van der Waals surface area contributed by atoms with Gasteiger partial charge in [-0.05, 0) is 68.7 Å². The highest BCUT2D eigenvalue weighted by Gasteiger charge is 2.44. The number of methoxy groups -OCH3 is 1. The lowest BCUT2D eigenvalue weighted by molar-refractivity contribution is -0.124. The Bertz CT molecular complexity index is 1160. The molecular formula is C27H34ClN5O4S. The van der Waals surface area contributed by atoms with Gasteiger partial charge in [0.1, 0.15) is 17.5 Å². The molecule has 204 valence electrons. The number of thiocarbonyl (C=S) groups is 1. The summed E-state index contributed by atoms with van der Waals surface area (Å²) in [7, 11) is 3.65. The summed E-state index contributed by atoms with van der Waals surface area (Å²) in [4.78, 5) is 34.8. The number of hydrogen-bond donors (Lipinski definition) is 1. The van der Waals surface area contributed by atoms with Gasteiger partial charge in [-0.2, -0.15) is 0 Å². The number of carbonyl (C=O) groups is 2. The van der Waals surface area contributed by atoms with Crippen molar-refractivity contribution in [3.63, 3.8) is 0 Å². The SMILES string of the molecule is CCOc1ccc(NC(=O)C[C@@H]2C(=O)N(c3ccc(OC)c(Cl)c3)C(=S)N2CCN2CCN(C)CC2)cc1. The van der Waals surface area contributed by atoms with Gasteiger partial charge in [0, 0.05) is 45.0 Å². The minimum absolute atomic E-state index is 0.0324. The van der Waals surface area contributed by atoms with Gasteiger partial charge in [-0.25, -0.2) is 0 Å². The van der Waals surface area contributed by atoms with Gasteiger partial charge >= 0.3 is 0 Å². The molecule has 0 spiro atoms. The van der Waals surface area contributed by atoms with Gasteiger partial charge in [0.15, 0.2) is 5.11 Å². The summed E-state index contributed by atoms with van der Waals surface area (Å²) in [6.45, 7) is 7.65. The molecule has 0 aliphatic carbocycles. The molecule has 9 nitrogen and oxygen atoms in total. The van der Waals surface area contributed by atoms with Crippen LogP contribution >= 0.6 is 23.8 Å². The van der Waals surface area contributed by atoms with Gasteiger partial charge in [0.05, 0.1) is 30.8 Å². The predicted octanol–water partition coefficient (Wildman–Crippen LogP) is 3.33. The van der Waals surface area contributed by atoms with Crippen LogP contribution in [0.1, 0.15) is 13.3 Å². The maximum absolute atomic E-state index is 13.7. The number of ether oxygens (including phenoxy) is 2. The molecule has 4 rings (SSSR count). The second kappa shape index (κ2) is 12.8. The first-order chi connectivity index (χ1) is 18.3. The number of anilines is 2. The topological polar surface area (TPSA) is 77.6 Å². The quantitative estimate of drug-likeness (QED) is 0.444. The van der Waals surface area contributed by atoms with Crippen molar-refractivity contribution in [2.75, 3.05) is 70.2 Å². The fraction of sp³-hybridized carbons (Fsp3) is 0.444. The number of nitrogens with one attached hydrogen (secondary N) is 1. The number of piperazine rings is 1. The van der Waals surface area contributed by atoms with E-state index < -0.39 is 6.04 Å². The molecule has 2 aromatic carbocycles. The first kappa shape index (κ1) is 28.1. The fourth-order valence-corrected chi connectivity index (χ4v) is 5.29. The number of halogens is 1. The zero-order chi connectivity index (χ0) is 27.2. The lowest BCUT2D eigenvalue weighted by Gasteiger charge is -2.34. The Morgan fingerprint density at radius 2 is 1.82 bits per heavy atom. The maximum Gasteiger partial charge on any atom is 0.256 e. The zero-order valence-corrected chi connectivity index (χ0v) is 23.6. The summed E-state index contributed by atoms with van der Waals surface area (Å²) in [5, 5.41) is 3.64. The molecule has 0 unspecified atom stereocenters. The van der Waals surface area contributed by atoms with Gasteiger partial charge < -0.3 is 24.6 Å². The Balaban J connectivity index is 1.51. The van der Waals surface area contributed by atoms with Crippen LogP contribution in [0.5, 0.6) is 11.5 Å². The average Bonchev–Trinajstić information content (AvgIpc) is 3.13. The standard InChI is InChI=1S/C27H34ClN5O4S/c1-4-37-21-8-5-19(6-9-21)29-25(34)18-23-26(35)33(20-7-10-24(36-3)22(28)17-20)27(38)32(23)16-15-31-13-11-30(2)12-14-31/h5-10,17,23H,4,11-16,18H2,1-3H3,(H,29,34)/t23-/m1/s1. The van der Waals surface area contributed by atoms with E-state index in [1.165, 1.54) is 12.0 Å².